The summed E-state index contributed by atoms with van der Waals surface area (Å²) >= 11 is 1.54. The summed E-state index contributed by atoms with van der Waals surface area (Å²) in [5.41, 5.74) is 5.09. The quantitative estimate of drug-likeness (QED) is 0.658. The summed E-state index contributed by atoms with van der Waals surface area (Å²) in [6.07, 6.45) is 2.33. The Hall–Kier alpha value is -1.07. The van der Waals surface area contributed by atoms with Gasteiger partial charge in [0.1, 0.15) is 5.60 Å². The smallest absolute Gasteiger partial charge is 0.191 e. The second kappa shape index (κ2) is 5.92. The van der Waals surface area contributed by atoms with Crippen LogP contribution in [0.4, 0.5) is 0 Å². The summed E-state index contributed by atoms with van der Waals surface area (Å²) in [7, 11) is 0. The topological polar surface area (TPSA) is 61.8 Å². The Balaban J connectivity index is 1.94. The maximum Gasteiger partial charge on any atom is 0.191 e. The monoisotopic (exact) mass is 281 g/mol. The zero-order valence-corrected chi connectivity index (χ0v) is 12.5. The number of hydrogen-bond acceptors (Lipinski definition) is 3. The molecule has 1 unspecified atom stereocenters. The number of guanidine groups is 1. The average Bonchev–Trinajstić information content (AvgIpc) is 2.91. The number of piperidine rings is 1. The zero-order valence-electron chi connectivity index (χ0n) is 11.7. The van der Waals surface area contributed by atoms with Gasteiger partial charge in [0.2, 0.25) is 0 Å². The van der Waals surface area contributed by atoms with Crippen LogP contribution in [0.3, 0.4) is 0 Å². The number of thiophene rings is 1. The molecule has 2 heterocycles. The lowest BCUT2D eigenvalue weighted by atomic mass is 10.00. The van der Waals surface area contributed by atoms with Gasteiger partial charge in [0.05, 0.1) is 6.54 Å². The van der Waals surface area contributed by atoms with Crippen LogP contribution in [0.1, 0.15) is 31.6 Å². The molecule has 1 fully saturated rings. The van der Waals surface area contributed by atoms with Gasteiger partial charge in [-0.3, -0.25) is 0 Å². The van der Waals surface area contributed by atoms with Gasteiger partial charge in [0.15, 0.2) is 5.96 Å². The van der Waals surface area contributed by atoms with E-state index in [0.717, 1.165) is 36.7 Å². The van der Waals surface area contributed by atoms with Crippen molar-refractivity contribution in [1.29, 1.82) is 0 Å². The summed E-state index contributed by atoms with van der Waals surface area (Å²) in [5, 5.41) is 12.4. The molecular formula is C14H23N3OS. The van der Waals surface area contributed by atoms with Crippen LogP contribution in [0.5, 0.6) is 0 Å². The van der Waals surface area contributed by atoms with E-state index in [1.54, 1.807) is 18.3 Å². The minimum atomic E-state index is -0.929. The molecule has 1 aliphatic rings. The van der Waals surface area contributed by atoms with Gasteiger partial charge < -0.3 is 15.7 Å². The number of aliphatic hydroxyl groups is 1. The first-order valence-corrected chi connectivity index (χ1v) is 7.68. The van der Waals surface area contributed by atoms with E-state index in [9.17, 15) is 5.11 Å². The van der Waals surface area contributed by atoms with Gasteiger partial charge in [0, 0.05) is 18.0 Å². The van der Waals surface area contributed by atoms with E-state index in [2.05, 4.69) is 16.8 Å². The molecule has 19 heavy (non-hydrogen) atoms. The van der Waals surface area contributed by atoms with Crippen molar-refractivity contribution in [3.05, 3.63) is 22.4 Å². The fraction of sp³-hybridized carbons (Fsp3) is 0.643. The zero-order chi connectivity index (χ0) is 13.9. The molecule has 1 saturated heterocycles. The van der Waals surface area contributed by atoms with Gasteiger partial charge in [-0.25, -0.2) is 4.99 Å². The molecule has 1 atom stereocenters. The first-order valence-electron chi connectivity index (χ1n) is 6.80. The number of nitrogens with zero attached hydrogens (tertiary/aromatic N) is 2. The van der Waals surface area contributed by atoms with Crippen LogP contribution < -0.4 is 5.73 Å². The van der Waals surface area contributed by atoms with Gasteiger partial charge >= 0.3 is 0 Å². The van der Waals surface area contributed by atoms with Crippen molar-refractivity contribution < 1.29 is 5.11 Å². The third kappa shape index (κ3) is 3.70. The Morgan fingerprint density at radius 1 is 1.58 bits per heavy atom. The molecule has 0 spiro atoms. The molecule has 0 aliphatic carbocycles. The molecule has 2 rings (SSSR count). The van der Waals surface area contributed by atoms with Crippen LogP contribution >= 0.6 is 11.3 Å². The van der Waals surface area contributed by atoms with Crippen molar-refractivity contribution in [1.82, 2.24) is 4.90 Å². The fourth-order valence-electron chi connectivity index (χ4n) is 2.24. The van der Waals surface area contributed by atoms with E-state index in [0.29, 0.717) is 12.5 Å². The second-order valence-corrected chi connectivity index (χ2v) is 6.54. The van der Waals surface area contributed by atoms with E-state index in [1.807, 2.05) is 17.5 Å². The largest absolute Gasteiger partial charge is 0.383 e. The van der Waals surface area contributed by atoms with Crippen molar-refractivity contribution in [2.75, 3.05) is 19.6 Å². The summed E-state index contributed by atoms with van der Waals surface area (Å²) < 4.78 is 0. The summed E-state index contributed by atoms with van der Waals surface area (Å²) in [4.78, 5) is 7.42. The third-order valence-corrected chi connectivity index (χ3v) is 4.83. The van der Waals surface area contributed by atoms with Crippen molar-refractivity contribution in [3.8, 4) is 0 Å². The normalized spacial score (nSPS) is 21.4. The highest BCUT2D eigenvalue weighted by molar-refractivity contribution is 7.10. The SMILES string of the molecule is CC1CCN(C(N)=NCC(C)(O)c2cccs2)CC1. The molecule has 0 radical (unpaired) electrons. The third-order valence-electron chi connectivity index (χ3n) is 3.71. The number of rotatable bonds is 3. The molecule has 4 nitrogen and oxygen atoms in total. The maximum absolute atomic E-state index is 10.4. The molecule has 3 N–H and O–H groups in total. The van der Waals surface area contributed by atoms with Crippen molar-refractivity contribution in [2.24, 2.45) is 16.6 Å². The Bertz CT molecular complexity index is 420. The minimum absolute atomic E-state index is 0.311. The van der Waals surface area contributed by atoms with Gasteiger partial charge in [-0.1, -0.05) is 13.0 Å². The standard InChI is InChI=1S/C14H23N3OS/c1-11-5-7-17(8-6-11)13(15)16-10-14(2,18)12-4-3-9-19-12/h3-4,9,11,18H,5-8,10H2,1-2H3,(H2,15,16). The number of hydrogen-bond donors (Lipinski definition) is 2. The number of likely N-dealkylation sites (tertiary alicyclic amines) is 1. The Labute approximate surface area is 119 Å². The lowest BCUT2D eigenvalue weighted by molar-refractivity contribution is 0.0708. The molecule has 1 aliphatic heterocycles. The summed E-state index contributed by atoms with van der Waals surface area (Å²) in [5.74, 6) is 1.34. The van der Waals surface area contributed by atoms with E-state index in [-0.39, 0.29) is 0 Å². The second-order valence-electron chi connectivity index (χ2n) is 5.60. The molecule has 1 aromatic rings. The van der Waals surface area contributed by atoms with Crippen LogP contribution in [-0.4, -0.2) is 35.6 Å². The number of nitrogens with two attached hydrogens (primary N) is 1. The molecule has 0 saturated carbocycles. The van der Waals surface area contributed by atoms with E-state index in [1.165, 1.54) is 0 Å². The van der Waals surface area contributed by atoms with Crippen LogP contribution in [0.2, 0.25) is 0 Å². The van der Waals surface area contributed by atoms with Crippen LogP contribution in [0.15, 0.2) is 22.5 Å². The Kier molecular flexibility index (Phi) is 4.47. The average molecular weight is 281 g/mol. The summed E-state index contributed by atoms with van der Waals surface area (Å²) in [6, 6.07) is 3.87. The molecule has 0 aromatic carbocycles. The Morgan fingerprint density at radius 2 is 2.26 bits per heavy atom. The molecular weight excluding hydrogens is 258 g/mol. The first kappa shape index (κ1) is 14.3. The molecule has 0 bridgehead atoms. The van der Waals surface area contributed by atoms with E-state index in [4.69, 9.17) is 5.73 Å². The number of aliphatic imine (C=N–C) groups is 1. The van der Waals surface area contributed by atoms with E-state index < -0.39 is 5.60 Å². The minimum Gasteiger partial charge on any atom is -0.383 e. The molecule has 106 valence electrons. The van der Waals surface area contributed by atoms with Crippen molar-refractivity contribution in [2.45, 2.75) is 32.3 Å². The van der Waals surface area contributed by atoms with Gasteiger partial charge in [-0.05, 0) is 37.1 Å². The highest BCUT2D eigenvalue weighted by atomic mass is 32.1. The van der Waals surface area contributed by atoms with Crippen LogP contribution in [0.25, 0.3) is 0 Å². The molecule has 5 heteroatoms. The highest BCUT2D eigenvalue weighted by Gasteiger charge is 2.24. The molecule has 0 amide bonds. The summed E-state index contributed by atoms with van der Waals surface area (Å²) in [6.45, 7) is 6.31. The highest BCUT2D eigenvalue weighted by Crippen LogP contribution is 2.25. The van der Waals surface area contributed by atoms with Gasteiger partial charge in [-0.15, -0.1) is 11.3 Å². The van der Waals surface area contributed by atoms with E-state index >= 15 is 0 Å². The maximum atomic E-state index is 10.4. The predicted octanol–water partition coefficient (Wildman–Crippen LogP) is 2.00. The van der Waals surface area contributed by atoms with Crippen LogP contribution in [-0.2, 0) is 5.60 Å². The lowest BCUT2D eigenvalue weighted by Gasteiger charge is -2.31. The fourth-order valence-corrected chi connectivity index (χ4v) is 3.01. The van der Waals surface area contributed by atoms with Crippen LogP contribution in [0, 0.1) is 5.92 Å². The predicted molar refractivity (Wildman–Crippen MR) is 80.4 cm³/mol. The Morgan fingerprint density at radius 3 is 2.84 bits per heavy atom. The van der Waals surface area contributed by atoms with Gasteiger partial charge in [-0.2, -0.15) is 0 Å². The van der Waals surface area contributed by atoms with Crippen molar-refractivity contribution in [3.63, 3.8) is 0 Å². The lowest BCUT2D eigenvalue weighted by Crippen LogP contribution is -2.43. The van der Waals surface area contributed by atoms with Gasteiger partial charge in [0.25, 0.3) is 0 Å². The van der Waals surface area contributed by atoms with Crippen molar-refractivity contribution >= 4 is 17.3 Å². The first-order chi connectivity index (χ1) is 8.99. The molecule has 1 aromatic heterocycles.